The number of benzene rings is 1. The van der Waals surface area contributed by atoms with E-state index >= 15 is 0 Å². The van der Waals surface area contributed by atoms with Crippen LogP contribution in [0, 0.1) is 5.92 Å². The van der Waals surface area contributed by atoms with Gasteiger partial charge in [-0.2, -0.15) is 5.10 Å². The van der Waals surface area contributed by atoms with E-state index in [-0.39, 0.29) is 30.0 Å². The average Bonchev–Trinajstić information content (AvgIpc) is 3.03. The Balaban J connectivity index is 1.47. The minimum absolute atomic E-state index is 0.0102. The van der Waals surface area contributed by atoms with Crippen molar-refractivity contribution in [3.05, 3.63) is 30.0 Å². The van der Waals surface area contributed by atoms with Gasteiger partial charge in [0.1, 0.15) is 0 Å². The van der Waals surface area contributed by atoms with Gasteiger partial charge in [-0.1, -0.05) is 18.2 Å². The summed E-state index contributed by atoms with van der Waals surface area (Å²) in [5.41, 5.74) is 1.48. The predicted molar refractivity (Wildman–Crippen MR) is 106 cm³/mol. The zero-order valence-electron chi connectivity index (χ0n) is 17.0. The van der Waals surface area contributed by atoms with Crippen LogP contribution in [0.1, 0.15) is 37.2 Å². The van der Waals surface area contributed by atoms with Gasteiger partial charge < -0.3 is 14.5 Å². The average molecular weight is 384 g/mol. The number of methoxy groups -OCH3 is 1. The van der Waals surface area contributed by atoms with E-state index in [1.807, 2.05) is 55.0 Å². The molecule has 2 aliphatic rings. The number of nitrogens with zero attached hydrogens (tertiary/aromatic N) is 4. The van der Waals surface area contributed by atoms with Crippen molar-refractivity contribution in [3.8, 4) is 0 Å². The third-order valence-electron chi connectivity index (χ3n) is 6.21. The molecule has 0 saturated carbocycles. The summed E-state index contributed by atoms with van der Waals surface area (Å²) in [5.74, 6) is 0.430. The smallest absolute Gasteiger partial charge is 0.275 e. The number of β-lactam (4-membered cyclic amide) rings is 1. The fourth-order valence-corrected chi connectivity index (χ4v) is 4.78. The first-order valence-corrected chi connectivity index (χ1v) is 10.00. The van der Waals surface area contributed by atoms with E-state index in [4.69, 9.17) is 4.74 Å². The van der Waals surface area contributed by atoms with Crippen LogP contribution < -0.4 is 0 Å². The molecule has 150 valence electrons. The highest BCUT2D eigenvalue weighted by atomic mass is 16.5. The van der Waals surface area contributed by atoms with Crippen LogP contribution in [-0.4, -0.2) is 69.8 Å². The number of fused-ring (bicyclic) bond motifs is 1. The fraction of sp³-hybridized carbons (Fsp3) is 0.571. The maximum atomic E-state index is 13.1. The third-order valence-corrected chi connectivity index (χ3v) is 6.21. The third kappa shape index (κ3) is 2.89. The van der Waals surface area contributed by atoms with E-state index in [1.54, 1.807) is 11.8 Å². The van der Waals surface area contributed by atoms with Crippen LogP contribution in [0.15, 0.2) is 24.3 Å². The molecular weight excluding hydrogens is 356 g/mol. The first-order chi connectivity index (χ1) is 13.4. The summed E-state index contributed by atoms with van der Waals surface area (Å²) in [6, 6.07) is 8.10. The molecule has 0 spiro atoms. The number of aromatic nitrogens is 2. The molecule has 0 radical (unpaired) electrons. The summed E-state index contributed by atoms with van der Waals surface area (Å²) in [6.07, 6.45) is 1.41. The number of carbonyl (C=O) groups is 2. The first-order valence-electron chi connectivity index (χ1n) is 10.00. The van der Waals surface area contributed by atoms with E-state index in [2.05, 4.69) is 5.10 Å². The monoisotopic (exact) mass is 384 g/mol. The van der Waals surface area contributed by atoms with E-state index in [0.29, 0.717) is 24.7 Å². The molecule has 1 aromatic carbocycles. The number of carbonyl (C=O) groups excluding carboxylic acids is 2. The Labute approximate surface area is 165 Å². The van der Waals surface area contributed by atoms with Crippen LogP contribution >= 0.6 is 0 Å². The van der Waals surface area contributed by atoms with Crippen molar-refractivity contribution in [2.45, 2.75) is 44.9 Å². The Bertz CT molecular complexity index is 898. The second-order valence-corrected chi connectivity index (χ2v) is 8.11. The lowest BCUT2D eigenvalue weighted by Crippen LogP contribution is -2.70. The van der Waals surface area contributed by atoms with E-state index in [1.165, 1.54) is 0 Å². The maximum absolute atomic E-state index is 13.1. The normalized spacial score (nSPS) is 23.5. The lowest BCUT2D eigenvalue weighted by molar-refractivity contribution is -0.181. The Kier molecular flexibility index (Phi) is 4.87. The number of para-hydroxylation sites is 1. The van der Waals surface area contributed by atoms with Gasteiger partial charge in [-0.3, -0.25) is 14.3 Å². The molecule has 1 aromatic heterocycles. The lowest BCUT2D eigenvalue weighted by Gasteiger charge is -2.53. The van der Waals surface area contributed by atoms with Crippen LogP contribution in [0.5, 0.6) is 0 Å². The Hall–Kier alpha value is -2.41. The molecule has 7 heteroatoms. The van der Waals surface area contributed by atoms with Gasteiger partial charge in [0.15, 0.2) is 11.8 Å². The molecule has 2 amide bonds. The Morgan fingerprint density at radius 1 is 1.21 bits per heavy atom. The molecule has 2 fully saturated rings. The number of rotatable bonds is 4. The molecule has 4 rings (SSSR count). The highest BCUT2D eigenvalue weighted by molar-refractivity contribution is 6.04. The Morgan fingerprint density at radius 3 is 2.54 bits per heavy atom. The standard InChI is InChI=1S/C21H28N4O3/c1-13(2)25-18(19(28-4)21(25)27)14-9-11-24(12-10-14)20(26)17-15-7-5-6-8-16(15)23(3)22-17/h5-8,13-14,18-19H,9-12H2,1-4H3. The number of likely N-dealkylation sites (tertiary alicyclic amines) is 2. The molecule has 2 aromatic rings. The number of piperidine rings is 1. The molecule has 0 N–H and O–H groups in total. The van der Waals surface area contributed by atoms with Crippen molar-refractivity contribution < 1.29 is 14.3 Å². The van der Waals surface area contributed by atoms with Crippen molar-refractivity contribution in [1.29, 1.82) is 0 Å². The topological polar surface area (TPSA) is 67.7 Å². The first kappa shape index (κ1) is 18.9. The zero-order chi connectivity index (χ0) is 20.0. The van der Waals surface area contributed by atoms with Gasteiger partial charge in [-0.15, -0.1) is 0 Å². The molecule has 7 nitrogen and oxygen atoms in total. The summed E-state index contributed by atoms with van der Waals surface area (Å²) in [5, 5.41) is 5.36. The number of amides is 2. The molecule has 2 unspecified atom stereocenters. The molecule has 3 heterocycles. The number of hydrogen-bond acceptors (Lipinski definition) is 4. The predicted octanol–water partition coefficient (Wildman–Crippen LogP) is 2.06. The summed E-state index contributed by atoms with van der Waals surface area (Å²) in [6.45, 7) is 5.45. The minimum Gasteiger partial charge on any atom is -0.369 e. The molecular formula is C21H28N4O3. The summed E-state index contributed by atoms with van der Waals surface area (Å²) in [4.78, 5) is 29.2. The van der Waals surface area contributed by atoms with Crippen LogP contribution in [0.25, 0.3) is 10.9 Å². The molecule has 2 atom stereocenters. The van der Waals surface area contributed by atoms with E-state index < -0.39 is 0 Å². The van der Waals surface area contributed by atoms with Gasteiger partial charge in [0.05, 0.1) is 11.6 Å². The number of hydrogen-bond donors (Lipinski definition) is 0. The van der Waals surface area contributed by atoms with Crippen molar-refractivity contribution in [1.82, 2.24) is 19.6 Å². The summed E-state index contributed by atoms with van der Waals surface area (Å²) in [7, 11) is 3.47. The summed E-state index contributed by atoms with van der Waals surface area (Å²) < 4.78 is 7.22. The van der Waals surface area contributed by atoms with Crippen molar-refractivity contribution in [2.75, 3.05) is 20.2 Å². The van der Waals surface area contributed by atoms with Crippen molar-refractivity contribution >= 4 is 22.7 Å². The Morgan fingerprint density at radius 2 is 1.89 bits per heavy atom. The highest BCUT2D eigenvalue weighted by Crippen LogP contribution is 2.36. The van der Waals surface area contributed by atoms with Gasteiger partial charge in [-0.05, 0) is 38.7 Å². The van der Waals surface area contributed by atoms with Crippen LogP contribution in [-0.2, 0) is 16.6 Å². The van der Waals surface area contributed by atoms with Crippen molar-refractivity contribution in [3.63, 3.8) is 0 Å². The zero-order valence-corrected chi connectivity index (χ0v) is 17.0. The fourth-order valence-electron chi connectivity index (χ4n) is 4.78. The van der Waals surface area contributed by atoms with Crippen LogP contribution in [0.2, 0.25) is 0 Å². The van der Waals surface area contributed by atoms with Gasteiger partial charge in [0.2, 0.25) is 0 Å². The molecule has 2 aliphatic heterocycles. The quantitative estimate of drug-likeness (QED) is 0.757. The van der Waals surface area contributed by atoms with Gasteiger partial charge >= 0.3 is 0 Å². The van der Waals surface area contributed by atoms with Gasteiger partial charge in [0.25, 0.3) is 11.8 Å². The SMILES string of the molecule is COC1C(=O)N(C(C)C)C1C1CCN(C(=O)c2nn(C)c3ccccc23)CC1. The largest absolute Gasteiger partial charge is 0.369 e. The summed E-state index contributed by atoms with van der Waals surface area (Å²) >= 11 is 0. The molecule has 28 heavy (non-hydrogen) atoms. The maximum Gasteiger partial charge on any atom is 0.275 e. The van der Waals surface area contributed by atoms with E-state index in [9.17, 15) is 9.59 Å². The second-order valence-electron chi connectivity index (χ2n) is 8.11. The minimum atomic E-state index is -0.339. The molecule has 0 bridgehead atoms. The second kappa shape index (κ2) is 7.20. The van der Waals surface area contributed by atoms with Crippen LogP contribution in [0.4, 0.5) is 0 Å². The number of ether oxygens (including phenoxy) is 1. The van der Waals surface area contributed by atoms with Gasteiger partial charge in [-0.25, -0.2) is 0 Å². The number of aryl methyl sites for hydroxylation is 1. The van der Waals surface area contributed by atoms with Crippen molar-refractivity contribution in [2.24, 2.45) is 13.0 Å². The van der Waals surface area contributed by atoms with E-state index in [0.717, 1.165) is 23.7 Å². The lowest BCUT2D eigenvalue weighted by atomic mass is 9.79. The highest BCUT2D eigenvalue weighted by Gasteiger charge is 2.52. The van der Waals surface area contributed by atoms with Crippen LogP contribution in [0.3, 0.4) is 0 Å². The molecule has 0 aliphatic carbocycles. The van der Waals surface area contributed by atoms with Gasteiger partial charge in [0, 0.05) is 38.7 Å². The molecule has 2 saturated heterocycles.